The van der Waals surface area contributed by atoms with Crippen molar-refractivity contribution in [3.8, 4) is 0 Å². The molecule has 0 spiro atoms. The lowest BCUT2D eigenvalue weighted by atomic mass is 9.72. The zero-order valence-electron chi connectivity index (χ0n) is 10.7. The molecule has 1 saturated carbocycles. The third-order valence-corrected chi connectivity index (χ3v) is 5.03. The van der Waals surface area contributed by atoms with Crippen molar-refractivity contribution in [2.24, 2.45) is 5.41 Å². The van der Waals surface area contributed by atoms with Crippen LogP contribution in [0.1, 0.15) is 58.8 Å². The van der Waals surface area contributed by atoms with Crippen LogP contribution in [0.15, 0.2) is 0 Å². The van der Waals surface area contributed by atoms with Gasteiger partial charge in [0.05, 0.1) is 12.2 Å². The van der Waals surface area contributed by atoms with Crippen molar-refractivity contribution in [3.63, 3.8) is 0 Å². The lowest BCUT2D eigenvalue weighted by Crippen LogP contribution is -2.51. The first-order valence-corrected chi connectivity index (χ1v) is 7.07. The molecular weight excluding hydrogens is 198 g/mol. The molecule has 2 nitrogen and oxygen atoms in total. The van der Waals surface area contributed by atoms with E-state index in [0.29, 0.717) is 29.7 Å². The van der Waals surface area contributed by atoms with Crippen LogP contribution in [-0.2, 0) is 4.74 Å². The van der Waals surface area contributed by atoms with E-state index in [1.165, 1.54) is 44.9 Å². The Morgan fingerprint density at radius 1 is 1.12 bits per heavy atom. The smallest absolute Gasteiger partial charge is 0.0733 e. The number of hydrogen-bond acceptors (Lipinski definition) is 2. The van der Waals surface area contributed by atoms with E-state index in [2.05, 4.69) is 19.2 Å². The first kappa shape index (κ1) is 11.0. The van der Waals surface area contributed by atoms with Gasteiger partial charge >= 0.3 is 0 Å². The Hall–Kier alpha value is -0.0800. The molecule has 3 rings (SSSR count). The minimum Gasteiger partial charge on any atom is -0.373 e. The maximum atomic E-state index is 5.93. The Bertz CT molecular complexity index is 263. The third kappa shape index (κ3) is 1.91. The molecule has 16 heavy (non-hydrogen) atoms. The Labute approximate surface area is 99.1 Å². The lowest BCUT2D eigenvalue weighted by Gasteiger charge is -2.41. The van der Waals surface area contributed by atoms with Crippen LogP contribution in [0.2, 0.25) is 0 Å². The SMILES string of the molecule is CC1(C)CCCCC1NC1CC2CCC1O2. The molecule has 0 aromatic rings. The number of ether oxygens (including phenoxy) is 1. The molecule has 92 valence electrons. The molecule has 2 saturated heterocycles. The van der Waals surface area contributed by atoms with Gasteiger partial charge in [0.25, 0.3) is 0 Å². The molecule has 0 aromatic heterocycles. The monoisotopic (exact) mass is 223 g/mol. The van der Waals surface area contributed by atoms with Gasteiger partial charge in [-0.1, -0.05) is 26.7 Å². The predicted molar refractivity (Wildman–Crippen MR) is 65.5 cm³/mol. The van der Waals surface area contributed by atoms with Gasteiger partial charge in [0.15, 0.2) is 0 Å². The van der Waals surface area contributed by atoms with Gasteiger partial charge in [-0.2, -0.15) is 0 Å². The van der Waals surface area contributed by atoms with E-state index in [4.69, 9.17) is 4.74 Å². The van der Waals surface area contributed by atoms with E-state index in [0.717, 1.165) is 0 Å². The summed E-state index contributed by atoms with van der Waals surface area (Å²) in [6.45, 7) is 4.86. The second-order valence-electron chi connectivity index (χ2n) is 6.67. The highest BCUT2D eigenvalue weighted by Crippen LogP contribution is 2.39. The average molecular weight is 223 g/mol. The summed E-state index contributed by atoms with van der Waals surface area (Å²) in [7, 11) is 0. The summed E-state index contributed by atoms with van der Waals surface area (Å²) in [6, 6.07) is 1.37. The second-order valence-corrected chi connectivity index (χ2v) is 6.67. The van der Waals surface area contributed by atoms with Crippen LogP contribution >= 0.6 is 0 Å². The van der Waals surface area contributed by atoms with Crippen molar-refractivity contribution in [3.05, 3.63) is 0 Å². The molecule has 2 heterocycles. The summed E-state index contributed by atoms with van der Waals surface area (Å²) in [5, 5.41) is 3.91. The molecule has 0 radical (unpaired) electrons. The molecule has 3 aliphatic rings. The van der Waals surface area contributed by atoms with Crippen LogP contribution in [0.3, 0.4) is 0 Å². The van der Waals surface area contributed by atoms with Crippen LogP contribution in [-0.4, -0.2) is 24.3 Å². The first-order chi connectivity index (χ1) is 7.65. The van der Waals surface area contributed by atoms with Gasteiger partial charge in [0.1, 0.15) is 0 Å². The van der Waals surface area contributed by atoms with Crippen LogP contribution in [0.5, 0.6) is 0 Å². The summed E-state index contributed by atoms with van der Waals surface area (Å²) in [4.78, 5) is 0. The van der Waals surface area contributed by atoms with Crippen LogP contribution in [0, 0.1) is 5.41 Å². The van der Waals surface area contributed by atoms with E-state index in [9.17, 15) is 0 Å². The Morgan fingerprint density at radius 2 is 2.00 bits per heavy atom. The molecular formula is C14H25NO. The van der Waals surface area contributed by atoms with E-state index < -0.39 is 0 Å². The van der Waals surface area contributed by atoms with Crippen molar-refractivity contribution >= 4 is 0 Å². The van der Waals surface area contributed by atoms with Gasteiger partial charge < -0.3 is 10.1 Å². The second kappa shape index (κ2) is 3.99. The van der Waals surface area contributed by atoms with Crippen LogP contribution < -0.4 is 5.32 Å². The minimum absolute atomic E-state index is 0.486. The Balaban J connectivity index is 1.61. The Kier molecular flexibility index (Phi) is 2.75. The van der Waals surface area contributed by atoms with Gasteiger partial charge in [0.2, 0.25) is 0 Å². The standard InChI is InChI=1S/C14H25NO/c1-14(2)8-4-3-5-13(14)15-11-9-10-6-7-12(11)16-10/h10-13,15H,3-9H2,1-2H3. The van der Waals surface area contributed by atoms with Crippen molar-refractivity contribution in [2.45, 2.75) is 83.1 Å². The van der Waals surface area contributed by atoms with Gasteiger partial charge in [-0.05, 0) is 37.5 Å². The average Bonchev–Trinajstić information content (AvgIpc) is 2.82. The Morgan fingerprint density at radius 3 is 2.62 bits per heavy atom. The summed E-state index contributed by atoms with van der Waals surface area (Å²) in [6.07, 6.45) is 10.5. The van der Waals surface area contributed by atoms with Crippen LogP contribution in [0.4, 0.5) is 0 Å². The molecule has 2 aliphatic heterocycles. The fourth-order valence-electron chi connectivity index (χ4n) is 3.87. The molecule has 1 aliphatic carbocycles. The van der Waals surface area contributed by atoms with Gasteiger partial charge in [-0.15, -0.1) is 0 Å². The maximum absolute atomic E-state index is 5.93. The molecule has 0 amide bonds. The van der Waals surface area contributed by atoms with Gasteiger partial charge in [-0.25, -0.2) is 0 Å². The summed E-state index contributed by atoms with van der Waals surface area (Å²) in [5.74, 6) is 0. The topological polar surface area (TPSA) is 21.3 Å². The van der Waals surface area contributed by atoms with E-state index >= 15 is 0 Å². The van der Waals surface area contributed by atoms with Gasteiger partial charge in [-0.3, -0.25) is 0 Å². The molecule has 2 heteroatoms. The van der Waals surface area contributed by atoms with Crippen molar-refractivity contribution in [2.75, 3.05) is 0 Å². The molecule has 0 aromatic carbocycles. The highest BCUT2D eigenvalue weighted by Gasteiger charge is 2.43. The summed E-state index contributed by atoms with van der Waals surface area (Å²) in [5.41, 5.74) is 0.486. The fourth-order valence-corrected chi connectivity index (χ4v) is 3.87. The van der Waals surface area contributed by atoms with Crippen molar-refractivity contribution in [1.29, 1.82) is 0 Å². The summed E-state index contributed by atoms with van der Waals surface area (Å²) < 4.78 is 5.93. The summed E-state index contributed by atoms with van der Waals surface area (Å²) >= 11 is 0. The molecule has 4 unspecified atom stereocenters. The van der Waals surface area contributed by atoms with E-state index in [-0.39, 0.29) is 0 Å². The number of rotatable bonds is 2. The highest BCUT2D eigenvalue weighted by molar-refractivity contribution is 4.98. The number of fused-ring (bicyclic) bond motifs is 2. The highest BCUT2D eigenvalue weighted by atomic mass is 16.5. The normalized spacial score (nSPS) is 46.1. The largest absolute Gasteiger partial charge is 0.373 e. The third-order valence-electron chi connectivity index (χ3n) is 5.03. The first-order valence-electron chi connectivity index (χ1n) is 7.07. The molecule has 2 bridgehead atoms. The maximum Gasteiger partial charge on any atom is 0.0733 e. The van der Waals surface area contributed by atoms with Gasteiger partial charge in [0, 0.05) is 12.1 Å². The molecule has 3 fully saturated rings. The van der Waals surface area contributed by atoms with Crippen molar-refractivity contribution in [1.82, 2.24) is 5.32 Å². The zero-order chi connectivity index (χ0) is 11.2. The van der Waals surface area contributed by atoms with Crippen LogP contribution in [0.25, 0.3) is 0 Å². The lowest BCUT2D eigenvalue weighted by molar-refractivity contribution is 0.0867. The van der Waals surface area contributed by atoms with E-state index in [1.54, 1.807) is 0 Å². The fraction of sp³-hybridized carbons (Fsp3) is 1.00. The number of hydrogen-bond donors (Lipinski definition) is 1. The van der Waals surface area contributed by atoms with E-state index in [1.807, 2.05) is 0 Å². The quantitative estimate of drug-likeness (QED) is 0.777. The minimum atomic E-state index is 0.486. The molecule has 1 N–H and O–H groups in total. The predicted octanol–water partition coefficient (Wildman–Crippen LogP) is 2.86. The number of nitrogens with one attached hydrogen (secondary N) is 1. The molecule has 4 atom stereocenters. The van der Waals surface area contributed by atoms with Crippen molar-refractivity contribution < 1.29 is 4.74 Å². The zero-order valence-corrected chi connectivity index (χ0v) is 10.7.